The highest BCUT2D eigenvalue weighted by molar-refractivity contribution is 7.20. The number of carbonyl (C=O) groups excluding carboxylic acids is 1. The molecule has 1 aromatic carbocycles. The minimum absolute atomic E-state index is 0.0869. The van der Waals surface area contributed by atoms with Crippen molar-refractivity contribution >= 4 is 27.5 Å². The number of thiophene rings is 1. The Morgan fingerprint density at radius 3 is 2.55 bits per heavy atom. The summed E-state index contributed by atoms with van der Waals surface area (Å²) in [4.78, 5) is 23.7. The molecule has 1 aliphatic heterocycles. The molecule has 1 aliphatic rings. The molecule has 7 heteroatoms. The van der Waals surface area contributed by atoms with Crippen LogP contribution >= 0.6 is 11.3 Å². The van der Waals surface area contributed by atoms with Crippen molar-refractivity contribution in [3.05, 3.63) is 45.7 Å². The quantitative estimate of drug-likeness (QED) is 0.684. The van der Waals surface area contributed by atoms with Gasteiger partial charge in [0.1, 0.15) is 23.9 Å². The number of fused-ring (bicyclic) bond motifs is 2. The number of aryl methyl sites for hydroxylation is 3. The number of nitrogens with zero attached hydrogens (tertiary/aromatic N) is 2. The van der Waals surface area contributed by atoms with Gasteiger partial charge >= 0.3 is 0 Å². The Bertz CT molecular complexity index is 1090. The first kappa shape index (κ1) is 19.6. The van der Waals surface area contributed by atoms with Crippen LogP contribution in [-0.2, 0) is 0 Å². The predicted octanol–water partition coefficient (Wildman–Crippen LogP) is 4.51. The van der Waals surface area contributed by atoms with Gasteiger partial charge in [-0.3, -0.25) is 4.79 Å². The standard InChI is InChI=1S/C22H25N3O3S/c1-11(2)19(15-6-7-16-17(10-15)28-9-8-27-16)25-21(26)20-12(3)18-13(4)23-14(5)24-22(18)29-20/h6-7,10-11,19H,8-9H2,1-5H3,(H,25,26). The van der Waals surface area contributed by atoms with Crippen molar-refractivity contribution < 1.29 is 14.3 Å². The normalized spacial score (nSPS) is 14.3. The zero-order valence-corrected chi connectivity index (χ0v) is 18.1. The number of carbonyl (C=O) groups is 1. The molecule has 0 bridgehead atoms. The fourth-order valence-electron chi connectivity index (χ4n) is 3.79. The van der Waals surface area contributed by atoms with Gasteiger partial charge in [0, 0.05) is 11.1 Å². The molecule has 3 aromatic rings. The van der Waals surface area contributed by atoms with E-state index < -0.39 is 0 Å². The predicted molar refractivity (Wildman–Crippen MR) is 114 cm³/mol. The van der Waals surface area contributed by atoms with Gasteiger partial charge in [0.2, 0.25) is 0 Å². The molecule has 6 nitrogen and oxygen atoms in total. The van der Waals surface area contributed by atoms with E-state index in [-0.39, 0.29) is 17.9 Å². The molecule has 1 N–H and O–H groups in total. The molecule has 0 aliphatic carbocycles. The van der Waals surface area contributed by atoms with Crippen LogP contribution in [0.25, 0.3) is 10.2 Å². The van der Waals surface area contributed by atoms with Crippen LogP contribution in [-0.4, -0.2) is 29.1 Å². The molecule has 0 spiro atoms. The summed E-state index contributed by atoms with van der Waals surface area (Å²) in [6.45, 7) is 11.1. The van der Waals surface area contributed by atoms with E-state index in [0.717, 1.165) is 44.4 Å². The number of hydrogen-bond donors (Lipinski definition) is 1. The third-order valence-electron chi connectivity index (χ3n) is 5.17. The maximum atomic E-state index is 13.2. The van der Waals surface area contributed by atoms with Crippen molar-refractivity contribution in [1.29, 1.82) is 0 Å². The summed E-state index contributed by atoms with van der Waals surface area (Å²) in [5, 5.41) is 4.20. The highest BCUT2D eigenvalue weighted by Gasteiger charge is 2.25. The maximum absolute atomic E-state index is 13.2. The largest absolute Gasteiger partial charge is 0.486 e. The molecule has 1 atom stereocenters. The van der Waals surface area contributed by atoms with E-state index in [1.807, 2.05) is 39.0 Å². The average Bonchev–Trinajstić information content (AvgIpc) is 3.02. The number of benzene rings is 1. The van der Waals surface area contributed by atoms with Crippen molar-refractivity contribution in [3.63, 3.8) is 0 Å². The SMILES string of the molecule is Cc1nc(C)c2c(C)c(C(=O)NC(c3ccc4c(c3)OCCO4)C(C)C)sc2n1. The number of amides is 1. The van der Waals surface area contributed by atoms with Gasteiger partial charge in [-0.1, -0.05) is 19.9 Å². The summed E-state index contributed by atoms with van der Waals surface area (Å²) in [6, 6.07) is 5.74. The summed E-state index contributed by atoms with van der Waals surface area (Å²) in [7, 11) is 0. The molecular weight excluding hydrogens is 386 g/mol. The third-order valence-corrected chi connectivity index (χ3v) is 6.35. The summed E-state index contributed by atoms with van der Waals surface area (Å²) in [5.41, 5.74) is 2.85. The van der Waals surface area contributed by atoms with Gasteiger partial charge in [-0.2, -0.15) is 0 Å². The second kappa shape index (κ2) is 7.63. The fourth-order valence-corrected chi connectivity index (χ4v) is 4.97. The number of aromatic nitrogens is 2. The first-order chi connectivity index (χ1) is 13.8. The fraction of sp³-hybridized carbons (Fsp3) is 0.409. The molecule has 0 saturated heterocycles. The second-order valence-electron chi connectivity index (χ2n) is 7.69. The number of ether oxygens (including phenoxy) is 2. The highest BCUT2D eigenvalue weighted by atomic mass is 32.1. The topological polar surface area (TPSA) is 73.3 Å². The first-order valence-corrected chi connectivity index (χ1v) is 10.6. The molecule has 3 heterocycles. The van der Waals surface area contributed by atoms with Crippen LogP contribution in [0.15, 0.2) is 18.2 Å². The van der Waals surface area contributed by atoms with Gasteiger partial charge < -0.3 is 14.8 Å². The molecule has 0 radical (unpaired) electrons. The minimum Gasteiger partial charge on any atom is -0.486 e. The molecule has 1 unspecified atom stereocenters. The van der Waals surface area contributed by atoms with Crippen molar-refractivity contribution in [3.8, 4) is 11.5 Å². The Labute approximate surface area is 174 Å². The zero-order valence-electron chi connectivity index (χ0n) is 17.3. The summed E-state index contributed by atoms with van der Waals surface area (Å²) in [5.74, 6) is 2.32. The lowest BCUT2D eigenvalue weighted by molar-refractivity contribution is 0.0929. The van der Waals surface area contributed by atoms with E-state index in [9.17, 15) is 4.79 Å². The van der Waals surface area contributed by atoms with Crippen LogP contribution in [0, 0.1) is 26.7 Å². The lowest BCUT2D eigenvalue weighted by Crippen LogP contribution is -2.31. The number of nitrogens with one attached hydrogen (secondary N) is 1. The van der Waals surface area contributed by atoms with Crippen molar-refractivity contribution in [2.45, 2.75) is 40.7 Å². The molecule has 29 heavy (non-hydrogen) atoms. The molecule has 0 saturated carbocycles. The number of hydrogen-bond acceptors (Lipinski definition) is 6. The van der Waals surface area contributed by atoms with Crippen LogP contribution in [0.1, 0.15) is 52.2 Å². The van der Waals surface area contributed by atoms with Gasteiger partial charge in [-0.15, -0.1) is 11.3 Å². The lowest BCUT2D eigenvalue weighted by Gasteiger charge is -2.25. The van der Waals surface area contributed by atoms with Crippen LogP contribution in [0.5, 0.6) is 11.5 Å². The van der Waals surface area contributed by atoms with Gasteiger partial charge in [0.25, 0.3) is 5.91 Å². The Morgan fingerprint density at radius 2 is 1.83 bits per heavy atom. The second-order valence-corrected chi connectivity index (χ2v) is 8.69. The third kappa shape index (κ3) is 3.67. The van der Waals surface area contributed by atoms with E-state index in [1.165, 1.54) is 11.3 Å². The van der Waals surface area contributed by atoms with E-state index in [2.05, 4.69) is 29.1 Å². The zero-order chi connectivity index (χ0) is 20.7. The molecule has 1 amide bonds. The van der Waals surface area contributed by atoms with Gasteiger partial charge in [0.15, 0.2) is 11.5 Å². The van der Waals surface area contributed by atoms with Crippen LogP contribution in [0.2, 0.25) is 0 Å². The van der Waals surface area contributed by atoms with Crippen LogP contribution in [0.4, 0.5) is 0 Å². The van der Waals surface area contributed by atoms with Crippen LogP contribution < -0.4 is 14.8 Å². The van der Waals surface area contributed by atoms with E-state index in [1.54, 1.807) is 0 Å². The Morgan fingerprint density at radius 1 is 1.10 bits per heavy atom. The Balaban J connectivity index is 1.66. The minimum atomic E-state index is -0.142. The highest BCUT2D eigenvalue weighted by Crippen LogP contribution is 2.35. The van der Waals surface area contributed by atoms with Crippen molar-refractivity contribution in [1.82, 2.24) is 15.3 Å². The smallest absolute Gasteiger partial charge is 0.262 e. The summed E-state index contributed by atoms with van der Waals surface area (Å²) >= 11 is 1.42. The van der Waals surface area contributed by atoms with Crippen molar-refractivity contribution in [2.75, 3.05) is 13.2 Å². The van der Waals surface area contributed by atoms with E-state index in [0.29, 0.717) is 18.1 Å². The number of rotatable bonds is 4. The summed E-state index contributed by atoms with van der Waals surface area (Å²) in [6.07, 6.45) is 0. The molecular formula is C22H25N3O3S. The van der Waals surface area contributed by atoms with Gasteiger partial charge in [-0.25, -0.2) is 9.97 Å². The molecule has 4 rings (SSSR count). The van der Waals surface area contributed by atoms with Gasteiger partial charge in [-0.05, 0) is 49.9 Å². The maximum Gasteiger partial charge on any atom is 0.262 e. The molecule has 152 valence electrons. The molecule has 2 aromatic heterocycles. The van der Waals surface area contributed by atoms with E-state index in [4.69, 9.17) is 9.47 Å². The van der Waals surface area contributed by atoms with Crippen molar-refractivity contribution in [2.24, 2.45) is 5.92 Å². The van der Waals surface area contributed by atoms with Gasteiger partial charge in [0.05, 0.1) is 10.9 Å². The lowest BCUT2D eigenvalue weighted by atomic mass is 9.95. The van der Waals surface area contributed by atoms with E-state index >= 15 is 0 Å². The Hall–Kier alpha value is -2.67. The summed E-state index contributed by atoms with van der Waals surface area (Å²) < 4.78 is 11.3. The molecule has 0 fully saturated rings. The monoisotopic (exact) mass is 411 g/mol. The van der Waals surface area contributed by atoms with Crippen LogP contribution in [0.3, 0.4) is 0 Å². The first-order valence-electron chi connectivity index (χ1n) is 9.80. The Kier molecular flexibility index (Phi) is 5.17. The average molecular weight is 412 g/mol.